The van der Waals surface area contributed by atoms with Crippen LogP contribution in [0.2, 0.25) is 0 Å². The van der Waals surface area contributed by atoms with Crippen LogP contribution >= 0.6 is 0 Å². The molecule has 1 heterocycles. The standard InChI is InChI=1S/C8H15N5O.HI/c1-4-13-6(2)12(3)7(11-13)5-8(14)10-9;/h4-5,9H2,1-3H3;1H. The van der Waals surface area contributed by atoms with E-state index in [-0.39, 0.29) is 36.3 Å². The molecule has 0 unspecified atom stereocenters. The van der Waals surface area contributed by atoms with Crippen molar-refractivity contribution in [2.45, 2.75) is 26.8 Å². The molecule has 0 bridgehead atoms. The molecule has 0 aliphatic rings. The summed E-state index contributed by atoms with van der Waals surface area (Å²) in [7, 11) is 1.88. The molecule has 7 heteroatoms. The fourth-order valence-corrected chi connectivity index (χ4v) is 1.29. The van der Waals surface area contributed by atoms with Crippen LogP contribution in [0.4, 0.5) is 0 Å². The van der Waals surface area contributed by atoms with Gasteiger partial charge in [0, 0.05) is 12.0 Å². The Labute approximate surface area is 106 Å². The molecular formula is C8H16IN5O. The first-order chi connectivity index (χ1) is 6.60. The van der Waals surface area contributed by atoms with Gasteiger partial charge in [-0.3, -0.25) is 10.2 Å². The Bertz CT molecular complexity index is 349. The zero-order valence-corrected chi connectivity index (χ0v) is 11.3. The topological polar surface area (TPSA) is 76.8 Å². The lowest BCUT2D eigenvalue weighted by Gasteiger charge is -1.93. The Balaban J connectivity index is 0.00000196. The third-order valence-corrected chi connectivity index (χ3v) is 2.26. The monoisotopic (exact) mass is 325 g/mol. The number of hydrazine groups is 1. The van der Waals surface area contributed by atoms with Gasteiger partial charge in [-0.15, -0.1) is 4.68 Å². The fourth-order valence-electron chi connectivity index (χ4n) is 1.29. The quantitative estimate of drug-likeness (QED) is 0.194. The van der Waals surface area contributed by atoms with Crippen molar-refractivity contribution >= 4 is 5.91 Å². The van der Waals surface area contributed by atoms with Crippen LogP contribution in [0, 0.1) is 6.92 Å². The van der Waals surface area contributed by atoms with Crippen LogP contribution in [-0.4, -0.2) is 15.7 Å². The van der Waals surface area contributed by atoms with E-state index in [0.717, 1.165) is 12.4 Å². The van der Waals surface area contributed by atoms with Crippen LogP contribution in [0.1, 0.15) is 18.6 Å². The van der Waals surface area contributed by atoms with Crippen molar-refractivity contribution < 1.29 is 33.3 Å². The number of nitrogens with two attached hydrogens (primary N) is 1. The molecule has 0 radical (unpaired) electrons. The average molecular weight is 325 g/mol. The second-order valence-corrected chi connectivity index (χ2v) is 3.08. The van der Waals surface area contributed by atoms with Crippen LogP contribution in [0.5, 0.6) is 0 Å². The summed E-state index contributed by atoms with van der Waals surface area (Å²) in [5, 5.41) is 4.28. The predicted molar refractivity (Wildman–Crippen MR) is 49.8 cm³/mol. The largest absolute Gasteiger partial charge is 1.00 e. The summed E-state index contributed by atoms with van der Waals surface area (Å²) in [6.07, 6.45) is 0.209. The van der Waals surface area contributed by atoms with Crippen LogP contribution in [-0.2, 0) is 24.8 Å². The van der Waals surface area contributed by atoms with E-state index in [1.54, 1.807) is 0 Å². The van der Waals surface area contributed by atoms with E-state index in [1.165, 1.54) is 0 Å². The van der Waals surface area contributed by atoms with Gasteiger partial charge < -0.3 is 24.0 Å². The molecule has 0 saturated carbocycles. The summed E-state index contributed by atoms with van der Waals surface area (Å²) in [5.41, 5.74) is 2.09. The summed E-state index contributed by atoms with van der Waals surface area (Å²) in [6, 6.07) is 0. The third-order valence-electron chi connectivity index (χ3n) is 2.26. The van der Waals surface area contributed by atoms with Gasteiger partial charge in [0.15, 0.2) is 0 Å². The normalized spacial score (nSPS) is 9.60. The van der Waals surface area contributed by atoms with Crippen molar-refractivity contribution in [1.82, 2.24) is 15.2 Å². The average Bonchev–Trinajstić information content (AvgIpc) is 2.45. The highest BCUT2D eigenvalue weighted by Crippen LogP contribution is 1.94. The van der Waals surface area contributed by atoms with Gasteiger partial charge in [-0.2, -0.15) is 0 Å². The van der Waals surface area contributed by atoms with Crippen molar-refractivity contribution in [1.29, 1.82) is 0 Å². The first-order valence-corrected chi connectivity index (χ1v) is 4.51. The zero-order chi connectivity index (χ0) is 10.7. The van der Waals surface area contributed by atoms with Crippen LogP contribution in [0.15, 0.2) is 0 Å². The van der Waals surface area contributed by atoms with Crippen LogP contribution in [0.25, 0.3) is 0 Å². The Morgan fingerprint density at radius 1 is 1.67 bits per heavy atom. The molecule has 1 rings (SSSR count). The summed E-state index contributed by atoms with van der Waals surface area (Å²) in [6.45, 7) is 4.76. The molecule has 0 fully saturated rings. The molecule has 0 aliphatic carbocycles. The number of nitrogens with one attached hydrogen (secondary N) is 1. The number of nitrogens with zero attached hydrogens (tertiary/aromatic N) is 3. The van der Waals surface area contributed by atoms with E-state index in [0.29, 0.717) is 5.82 Å². The van der Waals surface area contributed by atoms with Gasteiger partial charge in [-0.05, 0) is 6.92 Å². The van der Waals surface area contributed by atoms with Gasteiger partial charge in [0.25, 0.3) is 5.82 Å². The summed E-state index contributed by atoms with van der Waals surface area (Å²) in [5.74, 6) is 6.50. The number of amides is 1. The van der Waals surface area contributed by atoms with Crippen LogP contribution < -0.4 is 39.8 Å². The Kier molecular flexibility index (Phi) is 5.73. The lowest BCUT2D eigenvalue weighted by Crippen LogP contribution is -3.00. The SMILES string of the molecule is CCn1nc(CC(=O)NN)[n+](C)c1C.[I-]. The van der Waals surface area contributed by atoms with Crippen molar-refractivity contribution in [3.8, 4) is 0 Å². The lowest BCUT2D eigenvalue weighted by molar-refractivity contribution is -0.685. The number of carbonyl (C=O) groups excluding carboxylic acids is 1. The number of carbonyl (C=O) groups is 1. The van der Waals surface area contributed by atoms with E-state index in [1.807, 2.05) is 30.1 Å². The van der Waals surface area contributed by atoms with E-state index in [9.17, 15) is 4.79 Å². The molecule has 3 N–H and O–H groups in total. The van der Waals surface area contributed by atoms with Gasteiger partial charge in [0.1, 0.15) is 13.0 Å². The Morgan fingerprint density at radius 2 is 2.27 bits per heavy atom. The smallest absolute Gasteiger partial charge is 0.286 e. The number of aromatic nitrogens is 3. The molecule has 15 heavy (non-hydrogen) atoms. The molecule has 86 valence electrons. The maximum absolute atomic E-state index is 11.0. The van der Waals surface area contributed by atoms with Gasteiger partial charge in [-0.1, -0.05) is 0 Å². The first kappa shape index (κ1) is 14.3. The van der Waals surface area contributed by atoms with E-state index >= 15 is 0 Å². The molecule has 1 amide bonds. The lowest BCUT2D eigenvalue weighted by atomic mass is 10.4. The molecule has 0 saturated heterocycles. The highest BCUT2D eigenvalue weighted by molar-refractivity contribution is 5.76. The molecule has 0 aromatic carbocycles. The van der Waals surface area contributed by atoms with Crippen molar-refractivity contribution in [2.24, 2.45) is 12.9 Å². The number of aryl methyl sites for hydroxylation is 1. The summed E-state index contributed by atoms with van der Waals surface area (Å²) < 4.78 is 3.73. The maximum Gasteiger partial charge on any atom is 0.286 e. The minimum Gasteiger partial charge on any atom is -1.00 e. The maximum atomic E-state index is 11.0. The minimum atomic E-state index is -0.235. The third kappa shape index (κ3) is 3.13. The highest BCUT2D eigenvalue weighted by atomic mass is 127. The van der Waals surface area contributed by atoms with Gasteiger partial charge in [0.05, 0.1) is 7.05 Å². The second-order valence-electron chi connectivity index (χ2n) is 3.08. The molecule has 1 aromatic heterocycles. The van der Waals surface area contributed by atoms with Crippen LogP contribution in [0.3, 0.4) is 0 Å². The molecule has 0 atom stereocenters. The number of hydrogen-bond acceptors (Lipinski definition) is 3. The highest BCUT2D eigenvalue weighted by Gasteiger charge is 2.20. The van der Waals surface area contributed by atoms with E-state index in [2.05, 4.69) is 10.5 Å². The molecule has 0 spiro atoms. The number of halogens is 1. The Hall–Kier alpha value is -0.700. The van der Waals surface area contributed by atoms with Crippen molar-refractivity contribution in [3.05, 3.63) is 11.6 Å². The predicted octanol–water partition coefficient (Wildman–Crippen LogP) is -4.43. The van der Waals surface area contributed by atoms with E-state index in [4.69, 9.17) is 5.84 Å². The fraction of sp³-hybridized carbons (Fsp3) is 0.625. The van der Waals surface area contributed by atoms with Gasteiger partial charge in [-0.25, -0.2) is 10.4 Å². The van der Waals surface area contributed by atoms with Gasteiger partial charge >= 0.3 is 0 Å². The minimum absolute atomic E-state index is 0. The number of rotatable bonds is 3. The molecule has 6 nitrogen and oxygen atoms in total. The van der Waals surface area contributed by atoms with E-state index < -0.39 is 0 Å². The molecule has 1 aromatic rings. The number of hydrogen-bond donors (Lipinski definition) is 2. The summed E-state index contributed by atoms with van der Waals surface area (Å²) >= 11 is 0. The molecule has 0 aliphatic heterocycles. The first-order valence-electron chi connectivity index (χ1n) is 4.51. The summed E-state index contributed by atoms with van der Waals surface area (Å²) in [4.78, 5) is 11.0. The second kappa shape index (κ2) is 6.01. The Morgan fingerprint density at radius 3 is 2.67 bits per heavy atom. The molecular weight excluding hydrogens is 309 g/mol. The van der Waals surface area contributed by atoms with Crippen molar-refractivity contribution in [3.63, 3.8) is 0 Å². The van der Waals surface area contributed by atoms with Crippen molar-refractivity contribution in [2.75, 3.05) is 0 Å². The van der Waals surface area contributed by atoms with Gasteiger partial charge in [0.2, 0.25) is 11.7 Å². The zero-order valence-electron chi connectivity index (χ0n) is 9.12.